The number of ketones is 2. The zero-order chi connectivity index (χ0) is 14.5. The monoisotopic (exact) mass is 310 g/mol. The molecule has 0 spiro atoms. The molecular formula is C14H7NaO5S. The van der Waals surface area contributed by atoms with Crippen LogP contribution in [0.3, 0.4) is 0 Å². The predicted molar refractivity (Wildman–Crippen MR) is 67.7 cm³/mol. The van der Waals surface area contributed by atoms with Crippen LogP contribution in [0.1, 0.15) is 31.8 Å². The van der Waals surface area contributed by atoms with Crippen LogP contribution in [0, 0.1) is 0 Å². The van der Waals surface area contributed by atoms with Crippen molar-refractivity contribution in [3.05, 3.63) is 64.7 Å². The van der Waals surface area contributed by atoms with Gasteiger partial charge in [0.1, 0.15) is 10.1 Å². The molecule has 2 aromatic rings. The molecule has 0 amide bonds. The molecule has 0 aliphatic heterocycles. The summed E-state index contributed by atoms with van der Waals surface area (Å²) in [7, 11) is -4.83. The third-order valence-electron chi connectivity index (χ3n) is 3.18. The maximum Gasteiger partial charge on any atom is 1.00 e. The van der Waals surface area contributed by atoms with E-state index in [9.17, 15) is 22.6 Å². The van der Waals surface area contributed by atoms with Gasteiger partial charge in [-0.15, -0.1) is 0 Å². The Hall–Kier alpha value is -1.31. The van der Waals surface area contributed by atoms with Gasteiger partial charge in [-0.25, -0.2) is 8.42 Å². The summed E-state index contributed by atoms with van der Waals surface area (Å²) in [4.78, 5) is 24.0. The van der Waals surface area contributed by atoms with Crippen molar-refractivity contribution in [3.8, 4) is 0 Å². The van der Waals surface area contributed by atoms with Crippen molar-refractivity contribution in [1.82, 2.24) is 0 Å². The van der Waals surface area contributed by atoms with Crippen molar-refractivity contribution in [3.63, 3.8) is 0 Å². The van der Waals surface area contributed by atoms with E-state index in [1.165, 1.54) is 24.3 Å². The van der Waals surface area contributed by atoms with Crippen molar-refractivity contribution in [2.24, 2.45) is 0 Å². The van der Waals surface area contributed by atoms with E-state index in [-0.39, 0.29) is 51.8 Å². The molecule has 0 bridgehead atoms. The SMILES string of the molecule is O=C1c2ccccc2C(=O)c2c1cccc2S(=O)(=O)[O-].[Na+]. The Bertz CT molecular complexity index is 871. The molecule has 1 aliphatic carbocycles. The average molecular weight is 310 g/mol. The quantitative estimate of drug-likeness (QED) is 0.397. The molecule has 0 N–H and O–H groups in total. The molecule has 0 aromatic heterocycles. The Labute approximate surface area is 143 Å². The Kier molecular flexibility index (Phi) is 4.19. The number of hydrogen-bond donors (Lipinski definition) is 0. The van der Waals surface area contributed by atoms with Crippen molar-refractivity contribution >= 4 is 21.7 Å². The van der Waals surface area contributed by atoms with Crippen LogP contribution in [0.2, 0.25) is 0 Å². The van der Waals surface area contributed by atoms with Crippen LogP contribution in [0.15, 0.2) is 47.4 Å². The molecule has 100 valence electrons. The fourth-order valence-corrected chi connectivity index (χ4v) is 3.02. The third-order valence-corrected chi connectivity index (χ3v) is 4.06. The van der Waals surface area contributed by atoms with Crippen LogP contribution in [-0.2, 0) is 10.1 Å². The maximum absolute atomic E-state index is 12.4. The fraction of sp³-hybridized carbons (Fsp3) is 0. The largest absolute Gasteiger partial charge is 1.00 e. The van der Waals surface area contributed by atoms with E-state index in [1.54, 1.807) is 12.1 Å². The molecule has 0 radical (unpaired) electrons. The predicted octanol–water partition coefficient (Wildman–Crippen LogP) is -1.63. The smallest absolute Gasteiger partial charge is 0.744 e. The number of carbonyl (C=O) groups excluding carboxylic acids is 2. The first-order chi connectivity index (χ1) is 9.41. The third kappa shape index (κ3) is 2.49. The zero-order valence-corrected chi connectivity index (χ0v) is 13.8. The number of rotatable bonds is 1. The summed E-state index contributed by atoms with van der Waals surface area (Å²) >= 11 is 0. The van der Waals surface area contributed by atoms with Crippen LogP contribution >= 0.6 is 0 Å². The van der Waals surface area contributed by atoms with Crippen LogP contribution in [0.25, 0.3) is 0 Å². The van der Waals surface area contributed by atoms with Crippen LogP contribution in [-0.4, -0.2) is 24.5 Å². The normalized spacial score (nSPS) is 13.2. The number of benzene rings is 2. The minimum Gasteiger partial charge on any atom is -0.744 e. The second-order valence-corrected chi connectivity index (χ2v) is 5.68. The average Bonchev–Trinajstić information content (AvgIpc) is 2.43. The van der Waals surface area contributed by atoms with Gasteiger partial charge in [0.15, 0.2) is 11.6 Å². The second kappa shape index (κ2) is 5.47. The van der Waals surface area contributed by atoms with Crippen molar-refractivity contribution in [2.45, 2.75) is 4.90 Å². The zero-order valence-electron chi connectivity index (χ0n) is 11.0. The summed E-state index contributed by atoms with van der Waals surface area (Å²) in [6.07, 6.45) is 0. The summed E-state index contributed by atoms with van der Waals surface area (Å²) in [6, 6.07) is 9.79. The Morgan fingerprint density at radius 1 is 0.762 bits per heavy atom. The van der Waals surface area contributed by atoms with Crippen LogP contribution < -0.4 is 29.6 Å². The van der Waals surface area contributed by atoms with Crippen molar-refractivity contribution in [2.75, 3.05) is 0 Å². The molecule has 1 aliphatic rings. The Morgan fingerprint density at radius 3 is 1.86 bits per heavy atom. The molecular weight excluding hydrogens is 303 g/mol. The van der Waals surface area contributed by atoms with Gasteiger partial charge in [0, 0.05) is 16.7 Å². The molecule has 0 unspecified atom stereocenters. The van der Waals surface area contributed by atoms with Crippen LogP contribution in [0.5, 0.6) is 0 Å². The van der Waals surface area contributed by atoms with E-state index in [1.807, 2.05) is 0 Å². The molecule has 0 atom stereocenters. The summed E-state index contributed by atoms with van der Waals surface area (Å²) in [5.74, 6) is -1.08. The van der Waals surface area contributed by atoms with Gasteiger partial charge in [0.2, 0.25) is 0 Å². The molecule has 0 fully saturated rings. The van der Waals surface area contributed by atoms with Gasteiger partial charge in [-0.2, -0.15) is 0 Å². The summed E-state index contributed by atoms with van der Waals surface area (Å²) in [6.45, 7) is 0. The topological polar surface area (TPSA) is 91.3 Å². The Morgan fingerprint density at radius 2 is 1.29 bits per heavy atom. The van der Waals surface area contributed by atoms with Crippen molar-refractivity contribution < 1.29 is 52.1 Å². The molecule has 2 aromatic carbocycles. The maximum atomic E-state index is 12.4. The van der Waals surface area contributed by atoms with Crippen molar-refractivity contribution in [1.29, 1.82) is 0 Å². The van der Waals surface area contributed by atoms with Gasteiger partial charge in [0.25, 0.3) is 0 Å². The van der Waals surface area contributed by atoms with E-state index in [0.717, 1.165) is 6.07 Å². The van der Waals surface area contributed by atoms with Gasteiger partial charge < -0.3 is 4.55 Å². The Balaban J connectivity index is 0.00000161. The molecule has 21 heavy (non-hydrogen) atoms. The van der Waals surface area contributed by atoms with Crippen LogP contribution in [0.4, 0.5) is 0 Å². The first-order valence-corrected chi connectivity index (χ1v) is 7.09. The summed E-state index contributed by atoms with van der Waals surface area (Å²) < 4.78 is 33.7. The molecule has 0 heterocycles. The van der Waals surface area contributed by atoms with Gasteiger partial charge in [0.05, 0.1) is 10.5 Å². The van der Waals surface area contributed by atoms with E-state index >= 15 is 0 Å². The number of carbonyl (C=O) groups is 2. The summed E-state index contributed by atoms with van der Waals surface area (Å²) in [5.41, 5.74) is -0.0524. The molecule has 3 rings (SSSR count). The fourth-order valence-electron chi connectivity index (χ4n) is 2.32. The van der Waals surface area contributed by atoms with Gasteiger partial charge in [-0.3, -0.25) is 9.59 Å². The number of fused-ring (bicyclic) bond motifs is 2. The second-order valence-electron chi connectivity index (χ2n) is 4.34. The minimum absolute atomic E-state index is 0. The van der Waals surface area contributed by atoms with Gasteiger partial charge >= 0.3 is 29.6 Å². The molecule has 7 heteroatoms. The van der Waals surface area contributed by atoms with E-state index in [4.69, 9.17) is 0 Å². The molecule has 0 saturated heterocycles. The standard InChI is InChI=1S/C14H8O5S.Na/c15-13-8-4-1-2-5-9(8)14(16)12-10(13)6-3-7-11(12)20(17,18)19;/h1-7H,(H,17,18,19);/q;+1/p-1. The van der Waals surface area contributed by atoms with Gasteiger partial charge in [-0.1, -0.05) is 36.4 Å². The molecule has 5 nitrogen and oxygen atoms in total. The van der Waals surface area contributed by atoms with Gasteiger partial charge in [-0.05, 0) is 6.07 Å². The van der Waals surface area contributed by atoms with E-state index < -0.39 is 26.6 Å². The first-order valence-electron chi connectivity index (χ1n) is 5.68. The molecule has 0 saturated carbocycles. The van der Waals surface area contributed by atoms with E-state index in [0.29, 0.717) is 0 Å². The van der Waals surface area contributed by atoms with E-state index in [2.05, 4.69) is 0 Å². The summed E-state index contributed by atoms with van der Waals surface area (Å²) in [5, 5.41) is 0. The minimum atomic E-state index is -4.83. The number of hydrogen-bond acceptors (Lipinski definition) is 5. The first kappa shape index (κ1) is 16.1.